The Kier molecular flexibility index (Phi) is 7.84. The first-order valence-corrected chi connectivity index (χ1v) is 10.7. The van der Waals surface area contributed by atoms with E-state index in [4.69, 9.17) is 4.55 Å². The van der Waals surface area contributed by atoms with Gasteiger partial charge < -0.3 is 13.7 Å². The van der Waals surface area contributed by atoms with Crippen LogP contribution in [0.5, 0.6) is 5.75 Å². The Morgan fingerprint density at radius 3 is 1.85 bits per heavy atom. The van der Waals surface area contributed by atoms with Gasteiger partial charge in [0.2, 0.25) is 6.79 Å². The van der Waals surface area contributed by atoms with E-state index >= 15 is 0 Å². The van der Waals surface area contributed by atoms with Crippen LogP contribution < -0.4 is 4.18 Å². The van der Waals surface area contributed by atoms with E-state index in [0.717, 1.165) is 0 Å². The second-order valence-electron chi connectivity index (χ2n) is 5.91. The predicted molar refractivity (Wildman–Crippen MR) is 93.6 cm³/mol. The molecule has 0 spiro atoms. The van der Waals surface area contributed by atoms with Crippen LogP contribution in [0.15, 0.2) is 36.4 Å². The Balaban J connectivity index is 3.04. The third kappa shape index (κ3) is 5.56. The summed E-state index contributed by atoms with van der Waals surface area (Å²) in [6, 6.07) is 2.22. The van der Waals surface area contributed by atoms with Crippen molar-refractivity contribution >= 4 is 32.2 Å². The van der Waals surface area contributed by atoms with E-state index in [9.17, 15) is 52.8 Å². The van der Waals surface area contributed by atoms with Crippen LogP contribution in [0.4, 0.5) is 26.3 Å². The van der Waals surface area contributed by atoms with Crippen molar-refractivity contribution in [1.29, 1.82) is 0 Å². The molecule has 1 N–H and O–H groups in total. The Hall–Kier alpha value is -2.86. The number of hydrogen-bond donors (Lipinski definition) is 1. The van der Waals surface area contributed by atoms with Crippen LogP contribution in [0, 0.1) is 0 Å². The van der Waals surface area contributed by atoms with Gasteiger partial charge >= 0.3 is 48.6 Å². The average molecular weight is 530 g/mol. The van der Waals surface area contributed by atoms with Gasteiger partial charge in [0.05, 0.1) is 5.56 Å². The fourth-order valence-corrected chi connectivity index (χ4v) is 3.09. The molecule has 0 saturated heterocycles. The van der Waals surface area contributed by atoms with Gasteiger partial charge in [-0.25, -0.2) is 9.59 Å². The maximum Gasteiger partial charge on any atom is 0.450 e. The highest BCUT2D eigenvalue weighted by Crippen LogP contribution is 2.50. The Bertz CT molecular complexity index is 1140. The van der Waals surface area contributed by atoms with Crippen molar-refractivity contribution < 1.29 is 71.0 Å². The lowest BCUT2D eigenvalue weighted by atomic mass is 10.2. The first kappa shape index (κ1) is 28.2. The molecule has 18 heteroatoms. The van der Waals surface area contributed by atoms with Crippen molar-refractivity contribution in [3.8, 4) is 5.75 Å². The van der Waals surface area contributed by atoms with Crippen LogP contribution in [0.1, 0.15) is 17.3 Å². The van der Waals surface area contributed by atoms with Crippen molar-refractivity contribution in [3.05, 3.63) is 42.0 Å². The lowest BCUT2D eigenvalue weighted by Crippen LogP contribution is -2.61. The van der Waals surface area contributed by atoms with Crippen LogP contribution in [-0.2, 0) is 34.5 Å². The molecule has 0 radical (unpaired) electrons. The zero-order valence-corrected chi connectivity index (χ0v) is 17.6. The van der Waals surface area contributed by atoms with Gasteiger partial charge in [-0.1, -0.05) is 6.58 Å². The minimum atomic E-state index is -7.18. The smallest absolute Gasteiger partial charge is 0.425 e. The normalized spacial score (nSPS) is 13.2. The van der Waals surface area contributed by atoms with Crippen molar-refractivity contribution in [1.82, 2.24) is 0 Å². The molecule has 0 bridgehead atoms. The van der Waals surface area contributed by atoms with Gasteiger partial charge in [0.15, 0.2) is 0 Å². The summed E-state index contributed by atoms with van der Waals surface area (Å²) in [5, 5.41) is -13.8. The lowest BCUT2D eigenvalue weighted by molar-refractivity contribution is -0.247. The van der Waals surface area contributed by atoms with E-state index in [2.05, 4.69) is 20.2 Å². The average Bonchev–Trinajstić information content (AvgIpc) is 2.66. The van der Waals surface area contributed by atoms with Crippen molar-refractivity contribution in [3.63, 3.8) is 0 Å². The standard InChI is InChI=1S/C15H12F6O10S2/c1-8(2)11(22)29-7-30-12(23)9-3-5-10(6-4-9)31-33(27,28)15(20,21)13(16,17)14(18,19)32(24,25)26/h3-6H,1,7H2,2H3,(H,24,25,26). The van der Waals surface area contributed by atoms with Gasteiger partial charge in [-0.2, -0.15) is 43.2 Å². The van der Waals surface area contributed by atoms with E-state index in [1.165, 1.54) is 6.92 Å². The molecule has 0 unspecified atom stereocenters. The Morgan fingerprint density at radius 1 is 0.939 bits per heavy atom. The molecule has 0 atom stereocenters. The van der Waals surface area contributed by atoms with E-state index in [-0.39, 0.29) is 5.57 Å². The summed E-state index contributed by atoms with van der Waals surface area (Å²) < 4.78 is 145. The second kappa shape index (κ2) is 9.18. The summed E-state index contributed by atoms with van der Waals surface area (Å²) in [5.74, 6) is -10.5. The van der Waals surface area contributed by atoms with Gasteiger partial charge in [-0.05, 0) is 31.2 Å². The fourth-order valence-electron chi connectivity index (χ4n) is 1.66. The number of hydrogen-bond acceptors (Lipinski definition) is 9. The molecular formula is C15H12F6O10S2. The number of rotatable bonds is 10. The van der Waals surface area contributed by atoms with E-state index in [1.54, 1.807) is 0 Å². The van der Waals surface area contributed by atoms with E-state index < -0.39 is 66.7 Å². The molecule has 0 aliphatic heterocycles. The Morgan fingerprint density at radius 2 is 1.42 bits per heavy atom. The van der Waals surface area contributed by atoms with Gasteiger partial charge in [0.25, 0.3) is 0 Å². The van der Waals surface area contributed by atoms with Crippen molar-refractivity contribution in [2.24, 2.45) is 0 Å². The largest absolute Gasteiger partial charge is 0.450 e. The van der Waals surface area contributed by atoms with Crippen LogP contribution >= 0.6 is 0 Å². The summed E-state index contributed by atoms with van der Waals surface area (Å²) >= 11 is 0. The topological polar surface area (TPSA) is 150 Å². The summed E-state index contributed by atoms with van der Waals surface area (Å²) in [6.07, 6.45) is 0. The zero-order chi connectivity index (χ0) is 26.0. The number of esters is 2. The van der Waals surface area contributed by atoms with Crippen LogP contribution in [0.3, 0.4) is 0 Å². The van der Waals surface area contributed by atoms with Crippen LogP contribution in [0.2, 0.25) is 0 Å². The highest BCUT2D eigenvalue weighted by Gasteiger charge is 2.83. The number of carbonyl (C=O) groups is 2. The summed E-state index contributed by atoms with van der Waals surface area (Å²) in [7, 11) is -14.2. The van der Waals surface area contributed by atoms with Crippen molar-refractivity contribution in [2.75, 3.05) is 6.79 Å². The minimum absolute atomic E-state index is 0.0227. The summed E-state index contributed by atoms with van der Waals surface area (Å²) in [6.45, 7) is 3.66. The number of alkyl halides is 6. The monoisotopic (exact) mass is 530 g/mol. The molecule has 33 heavy (non-hydrogen) atoms. The van der Waals surface area contributed by atoms with Gasteiger partial charge in [0.1, 0.15) is 5.75 Å². The fraction of sp³-hybridized carbons (Fsp3) is 0.333. The third-order valence-corrected chi connectivity index (χ3v) is 5.59. The maximum absolute atomic E-state index is 13.7. The molecule has 1 aromatic rings. The molecule has 186 valence electrons. The molecule has 0 heterocycles. The van der Waals surface area contributed by atoms with Crippen LogP contribution in [0.25, 0.3) is 0 Å². The number of ether oxygens (including phenoxy) is 2. The predicted octanol–water partition coefficient (Wildman–Crippen LogP) is 2.34. The lowest BCUT2D eigenvalue weighted by Gasteiger charge is -2.29. The molecule has 0 saturated carbocycles. The first-order chi connectivity index (χ1) is 14.7. The molecule has 10 nitrogen and oxygen atoms in total. The molecule has 0 aliphatic carbocycles. The van der Waals surface area contributed by atoms with Crippen LogP contribution in [-0.4, -0.2) is 56.6 Å². The number of benzene rings is 1. The van der Waals surface area contributed by atoms with Gasteiger partial charge in [-0.15, -0.1) is 0 Å². The number of carbonyl (C=O) groups excluding carboxylic acids is 2. The molecule has 1 rings (SSSR count). The van der Waals surface area contributed by atoms with E-state index in [1.807, 2.05) is 0 Å². The van der Waals surface area contributed by atoms with Gasteiger partial charge in [-0.3, -0.25) is 4.55 Å². The zero-order valence-electron chi connectivity index (χ0n) is 15.9. The SMILES string of the molecule is C=C(C)C(=O)OCOC(=O)c1ccc(OS(=O)(=O)C(F)(F)C(F)(F)C(F)(F)S(=O)(=O)O)cc1. The molecule has 1 aromatic carbocycles. The molecule has 0 fully saturated rings. The highest BCUT2D eigenvalue weighted by molar-refractivity contribution is 7.88. The first-order valence-electron chi connectivity index (χ1n) is 7.83. The third-order valence-electron chi connectivity index (χ3n) is 3.39. The van der Waals surface area contributed by atoms with Gasteiger partial charge in [0, 0.05) is 5.57 Å². The van der Waals surface area contributed by atoms with E-state index in [0.29, 0.717) is 24.3 Å². The molecule has 0 aliphatic rings. The number of halogens is 6. The highest BCUT2D eigenvalue weighted by atomic mass is 32.2. The molecular weight excluding hydrogens is 518 g/mol. The minimum Gasteiger partial charge on any atom is -0.425 e. The molecule has 0 amide bonds. The molecule has 0 aromatic heterocycles. The Labute approximate surface area is 181 Å². The summed E-state index contributed by atoms with van der Waals surface area (Å²) in [5.41, 5.74) is -0.438. The second-order valence-corrected chi connectivity index (χ2v) is 8.96. The quantitative estimate of drug-likeness (QED) is 0.119. The summed E-state index contributed by atoms with van der Waals surface area (Å²) in [4.78, 5) is 22.8. The maximum atomic E-state index is 13.7. The van der Waals surface area contributed by atoms with Crippen molar-refractivity contribution in [2.45, 2.75) is 23.4 Å².